The van der Waals surface area contributed by atoms with Crippen molar-refractivity contribution in [3.05, 3.63) is 38.4 Å². The van der Waals surface area contributed by atoms with Crippen LogP contribution in [0.4, 0.5) is 5.00 Å². The van der Waals surface area contributed by atoms with E-state index in [1.54, 1.807) is 6.92 Å². The van der Waals surface area contributed by atoms with Crippen molar-refractivity contribution in [2.45, 2.75) is 52.1 Å². The van der Waals surface area contributed by atoms with Crippen LogP contribution in [0, 0.1) is 0 Å². The van der Waals surface area contributed by atoms with Gasteiger partial charge in [-0.1, -0.05) is 0 Å². The van der Waals surface area contributed by atoms with Gasteiger partial charge in [0, 0.05) is 4.88 Å². The molecule has 0 spiro atoms. The summed E-state index contributed by atoms with van der Waals surface area (Å²) in [6.45, 7) is 3.55. The Balaban J connectivity index is 1.69. The average Bonchev–Trinajstić information content (AvgIpc) is 3.28. The number of nitrogens with one attached hydrogen (secondary N) is 1. The van der Waals surface area contributed by atoms with Crippen molar-refractivity contribution in [3.63, 3.8) is 0 Å². The fourth-order valence-electron chi connectivity index (χ4n) is 3.14. The highest BCUT2D eigenvalue weighted by molar-refractivity contribution is 7.17. The van der Waals surface area contributed by atoms with E-state index in [9.17, 15) is 14.4 Å². The number of rotatable bonds is 7. The lowest BCUT2D eigenvalue weighted by Gasteiger charge is -2.14. The molecule has 0 aromatic carbocycles. The van der Waals surface area contributed by atoms with Crippen molar-refractivity contribution in [2.24, 2.45) is 0 Å². The third-order valence-electron chi connectivity index (χ3n) is 4.49. The largest absolute Gasteiger partial charge is 0.462 e. The zero-order chi connectivity index (χ0) is 20.1. The Hall–Kier alpha value is -2.19. The smallest absolute Gasteiger partial charge is 0.341 e. The summed E-state index contributed by atoms with van der Waals surface area (Å²) in [5, 5.41) is 7.01. The molecule has 0 saturated carbocycles. The number of esters is 2. The molecule has 0 radical (unpaired) electrons. The highest BCUT2D eigenvalue weighted by atomic mass is 32.1. The minimum atomic E-state index is -0.958. The van der Waals surface area contributed by atoms with Crippen LogP contribution in [0.5, 0.6) is 0 Å². The number of carbonyl (C=O) groups is 3. The Bertz CT molecular complexity index is 856. The predicted octanol–water partition coefficient (Wildman–Crippen LogP) is 3.98. The van der Waals surface area contributed by atoms with E-state index in [1.807, 2.05) is 16.8 Å². The molecule has 6 nitrogen and oxygen atoms in total. The molecule has 0 saturated heterocycles. The van der Waals surface area contributed by atoms with Crippen molar-refractivity contribution in [2.75, 3.05) is 11.9 Å². The SMILES string of the molecule is CCOC(=O)c1c(NC(=O)[C@H](C)OC(=O)Cc2ccsc2)sc2c1CCCC2. The lowest BCUT2D eigenvalue weighted by molar-refractivity contribution is -0.152. The van der Waals surface area contributed by atoms with Crippen LogP contribution in [0.15, 0.2) is 16.8 Å². The standard InChI is InChI=1S/C20H23NO5S2/c1-3-25-20(24)17-14-6-4-5-7-15(14)28-19(17)21-18(23)12(2)26-16(22)10-13-8-9-27-11-13/h8-9,11-12H,3-7,10H2,1-2H3,(H,21,23)/t12-/m0/s1. The number of amides is 1. The van der Waals surface area contributed by atoms with Crippen molar-refractivity contribution >= 4 is 45.5 Å². The van der Waals surface area contributed by atoms with Crippen molar-refractivity contribution in [1.82, 2.24) is 0 Å². The van der Waals surface area contributed by atoms with Crippen LogP contribution in [-0.4, -0.2) is 30.6 Å². The van der Waals surface area contributed by atoms with E-state index in [2.05, 4.69) is 5.32 Å². The summed E-state index contributed by atoms with van der Waals surface area (Å²) in [5.41, 5.74) is 2.29. The van der Waals surface area contributed by atoms with E-state index >= 15 is 0 Å². The molecule has 0 aliphatic heterocycles. The number of aryl methyl sites for hydroxylation is 1. The first-order chi connectivity index (χ1) is 13.5. The lowest BCUT2D eigenvalue weighted by atomic mass is 9.95. The lowest BCUT2D eigenvalue weighted by Crippen LogP contribution is -2.30. The number of fused-ring (bicyclic) bond motifs is 1. The zero-order valence-corrected chi connectivity index (χ0v) is 17.5. The van der Waals surface area contributed by atoms with Crippen LogP contribution in [0.1, 0.15) is 53.1 Å². The summed E-state index contributed by atoms with van der Waals surface area (Å²) in [4.78, 5) is 38.2. The quantitative estimate of drug-likeness (QED) is 0.684. The summed E-state index contributed by atoms with van der Waals surface area (Å²) in [6.07, 6.45) is 2.96. The first-order valence-electron chi connectivity index (χ1n) is 9.32. The summed E-state index contributed by atoms with van der Waals surface area (Å²) in [7, 11) is 0. The van der Waals surface area contributed by atoms with Gasteiger partial charge in [-0.3, -0.25) is 9.59 Å². The van der Waals surface area contributed by atoms with Gasteiger partial charge in [0.2, 0.25) is 0 Å². The van der Waals surface area contributed by atoms with Gasteiger partial charge in [0.15, 0.2) is 6.10 Å². The van der Waals surface area contributed by atoms with Gasteiger partial charge in [-0.15, -0.1) is 11.3 Å². The number of hydrogen-bond acceptors (Lipinski definition) is 7. The van der Waals surface area contributed by atoms with Gasteiger partial charge in [-0.2, -0.15) is 11.3 Å². The fourth-order valence-corrected chi connectivity index (χ4v) is 5.09. The first kappa shape index (κ1) is 20.5. The average molecular weight is 422 g/mol. The van der Waals surface area contributed by atoms with Gasteiger partial charge >= 0.3 is 11.9 Å². The molecule has 1 atom stereocenters. The van der Waals surface area contributed by atoms with Crippen LogP contribution in [0.2, 0.25) is 0 Å². The third kappa shape index (κ3) is 4.80. The van der Waals surface area contributed by atoms with Gasteiger partial charge < -0.3 is 14.8 Å². The molecule has 0 unspecified atom stereocenters. The van der Waals surface area contributed by atoms with E-state index in [-0.39, 0.29) is 13.0 Å². The molecule has 2 aromatic heterocycles. The minimum absolute atomic E-state index is 0.127. The second-order valence-corrected chi connectivity index (χ2v) is 8.45. The van der Waals surface area contributed by atoms with Crippen LogP contribution < -0.4 is 5.32 Å². The molecule has 150 valence electrons. The van der Waals surface area contributed by atoms with E-state index in [4.69, 9.17) is 9.47 Å². The second-order valence-electron chi connectivity index (χ2n) is 6.57. The van der Waals surface area contributed by atoms with Gasteiger partial charge in [-0.25, -0.2) is 4.79 Å². The van der Waals surface area contributed by atoms with Gasteiger partial charge in [0.05, 0.1) is 18.6 Å². The summed E-state index contributed by atoms with van der Waals surface area (Å²) < 4.78 is 10.4. The van der Waals surface area contributed by atoms with E-state index in [1.165, 1.54) is 29.6 Å². The molecule has 8 heteroatoms. The number of ether oxygens (including phenoxy) is 2. The van der Waals surface area contributed by atoms with Crippen molar-refractivity contribution < 1.29 is 23.9 Å². The Morgan fingerprint density at radius 3 is 2.75 bits per heavy atom. The first-order valence-corrected chi connectivity index (χ1v) is 11.1. The third-order valence-corrected chi connectivity index (χ3v) is 6.43. The molecule has 28 heavy (non-hydrogen) atoms. The highest BCUT2D eigenvalue weighted by Crippen LogP contribution is 2.38. The second kappa shape index (κ2) is 9.34. The Morgan fingerprint density at radius 1 is 1.25 bits per heavy atom. The normalized spacial score (nSPS) is 14.1. The van der Waals surface area contributed by atoms with Crippen LogP contribution >= 0.6 is 22.7 Å². The minimum Gasteiger partial charge on any atom is -0.462 e. The molecule has 0 bridgehead atoms. The van der Waals surface area contributed by atoms with E-state index in [0.717, 1.165) is 41.7 Å². The number of anilines is 1. The van der Waals surface area contributed by atoms with Crippen molar-refractivity contribution in [3.8, 4) is 0 Å². The molecule has 2 aromatic rings. The number of thiophene rings is 2. The van der Waals surface area contributed by atoms with E-state index < -0.39 is 23.9 Å². The Labute approximate surface area is 171 Å². The van der Waals surface area contributed by atoms with Crippen LogP contribution in [0.25, 0.3) is 0 Å². The molecule has 1 aliphatic rings. The molecular weight excluding hydrogens is 398 g/mol. The van der Waals surface area contributed by atoms with Crippen LogP contribution in [0.3, 0.4) is 0 Å². The zero-order valence-electron chi connectivity index (χ0n) is 15.9. The molecule has 2 heterocycles. The summed E-state index contributed by atoms with van der Waals surface area (Å²) in [6, 6.07) is 1.85. The maximum Gasteiger partial charge on any atom is 0.341 e. The van der Waals surface area contributed by atoms with Gasteiger partial charge in [0.25, 0.3) is 5.91 Å². The number of hydrogen-bond donors (Lipinski definition) is 1. The predicted molar refractivity (Wildman–Crippen MR) is 109 cm³/mol. The molecular formula is C20H23NO5S2. The molecule has 3 rings (SSSR count). The maximum absolute atomic E-state index is 12.6. The molecule has 1 aliphatic carbocycles. The fraction of sp³-hybridized carbons (Fsp3) is 0.450. The Morgan fingerprint density at radius 2 is 2.04 bits per heavy atom. The van der Waals surface area contributed by atoms with Crippen LogP contribution in [-0.2, 0) is 38.3 Å². The molecule has 1 N–H and O–H groups in total. The van der Waals surface area contributed by atoms with E-state index in [0.29, 0.717) is 10.6 Å². The number of carbonyl (C=O) groups excluding carboxylic acids is 3. The van der Waals surface area contributed by atoms with Crippen molar-refractivity contribution in [1.29, 1.82) is 0 Å². The van der Waals surface area contributed by atoms with Gasteiger partial charge in [0.1, 0.15) is 5.00 Å². The summed E-state index contributed by atoms with van der Waals surface area (Å²) >= 11 is 2.91. The van der Waals surface area contributed by atoms with Gasteiger partial charge in [-0.05, 0) is 67.5 Å². The maximum atomic E-state index is 12.6. The topological polar surface area (TPSA) is 81.7 Å². The highest BCUT2D eigenvalue weighted by Gasteiger charge is 2.28. The summed E-state index contributed by atoms with van der Waals surface area (Å²) in [5.74, 6) is -1.33. The molecule has 1 amide bonds. The monoisotopic (exact) mass is 421 g/mol. The Kier molecular flexibility index (Phi) is 6.85. The molecule has 0 fully saturated rings.